The van der Waals surface area contributed by atoms with Crippen molar-refractivity contribution in [2.75, 3.05) is 7.11 Å². The summed E-state index contributed by atoms with van der Waals surface area (Å²) >= 11 is 0. The van der Waals surface area contributed by atoms with Crippen molar-refractivity contribution in [2.45, 2.75) is 82.7 Å². The summed E-state index contributed by atoms with van der Waals surface area (Å²) in [5.41, 5.74) is 0.533. The van der Waals surface area contributed by atoms with Gasteiger partial charge >= 0.3 is 5.97 Å². The SMILES string of the molecule is C.COc1cc(/C=C/C(=O)OC2OC(C)C(OC3OC(C)C(O)C(O)C3O)C(O)C2O)ccc1O. The average Bonchev–Trinajstić information content (AvgIpc) is 2.81. The molecule has 0 aliphatic carbocycles. The minimum absolute atomic E-state index is 0. The zero-order chi connectivity index (χ0) is 25.2. The number of aliphatic hydroxyl groups is 5. The van der Waals surface area contributed by atoms with E-state index in [0.29, 0.717) is 5.56 Å². The number of esters is 1. The minimum Gasteiger partial charge on any atom is -0.504 e. The number of phenols is 1. The smallest absolute Gasteiger partial charge is 0.333 e. The Kier molecular flexibility index (Phi) is 10.0. The number of methoxy groups -OCH3 is 1. The van der Waals surface area contributed by atoms with Crippen molar-refractivity contribution in [3.8, 4) is 11.5 Å². The Morgan fingerprint density at radius 3 is 2.20 bits per heavy atom. The first-order valence-corrected chi connectivity index (χ1v) is 10.7. The molecule has 2 saturated heterocycles. The second kappa shape index (κ2) is 12.1. The van der Waals surface area contributed by atoms with Crippen LogP contribution in [0.3, 0.4) is 0 Å². The van der Waals surface area contributed by atoms with Crippen LogP contribution in [0.4, 0.5) is 0 Å². The Bertz CT molecular complexity index is 876. The van der Waals surface area contributed by atoms with Crippen molar-refractivity contribution >= 4 is 12.0 Å². The third-order valence-corrected chi connectivity index (χ3v) is 5.72. The number of aromatic hydroxyl groups is 1. The zero-order valence-electron chi connectivity index (χ0n) is 18.8. The Morgan fingerprint density at radius 2 is 1.54 bits per heavy atom. The van der Waals surface area contributed by atoms with Gasteiger partial charge in [0.25, 0.3) is 0 Å². The molecule has 0 bridgehead atoms. The van der Waals surface area contributed by atoms with Crippen LogP contribution >= 0.6 is 0 Å². The summed E-state index contributed by atoms with van der Waals surface area (Å²) < 4.78 is 26.5. The summed E-state index contributed by atoms with van der Waals surface area (Å²) in [4.78, 5) is 12.2. The molecule has 0 saturated carbocycles. The van der Waals surface area contributed by atoms with Crippen molar-refractivity contribution in [3.63, 3.8) is 0 Å². The molecule has 0 amide bonds. The first kappa shape index (κ1) is 28.9. The summed E-state index contributed by atoms with van der Waals surface area (Å²) in [7, 11) is 1.38. The Hall–Kier alpha value is -2.29. The molecule has 35 heavy (non-hydrogen) atoms. The predicted octanol–water partition coefficient (Wildman–Crippen LogP) is -0.727. The molecule has 198 valence electrons. The van der Waals surface area contributed by atoms with E-state index in [9.17, 15) is 35.4 Å². The first-order valence-electron chi connectivity index (χ1n) is 10.7. The fraction of sp³-hybridized carbons (Fsp3) is 0.609. The maximum Gasteiger partial charge on any atom is 0.333 e. The van der Waals surface area contributed by atoms with E-state index >= 15 is 0 Å². The lowest BCUT2D eigenvalue weighted by Crippen LogP contribution is -2.63. The highest BCUT2D eigenvalue weighted by atomic mass is 16.7. The third-order valence-electron chi connectivity index (χ3n) is 5.72. The summed E-state index contributed by atoms with van der Waals surface area (Å²) in [6.07, 6.45) is -11.2. The molecule has 10 atom stereocenters. The van der Waals surface area contributed by atoms with Gasteiger partial charge in [-0.2, -0.15) is 0 Å². The number of hydrogen-bond donors (Lipinski definition) is 6. The second-order valence-corrected chi connectivity index (χ2v) is 8.17. The van der Waals surface area contributed by atoms with Gasteiger partial charge in [0.15, 0.2) is 17.8 Å². The minimum atomic E-state index is -1.69. The van der Waals surface area contributed by atoms with Gasteiger partial charge in [0.1, 0.15) is 36.6 Å². The molecular weight excluding hydrogens is 468 g/mol. The van der Waals surface area contributed by atoms with Crippen molar-refractivity contribution in [2.24, 2.45) is 0 Å². The van der Waals surface area contributed by atoms with Gasteiger partial charge in [-0.15, -0.1) is 0 Å². The average molecular weight is 503 g/mol. The van der Waals surface area contributed by atoms with E-state index in [1.165, 1.54) is 39.2 Å². The van der Waals surface area contributed by atoms with Crippen LogP contribution in [0.15, 0.2) is 24.3 Å². The quantitative estimate of drug-likeness (QED) is 0.212. The van der Waals surface area contributed by atoms with E-state index in [2.05, 4.69) is 0 Å². The molecule has 2 fully saturated rings. The number of carbonyl (C=O) groups is 1. The zero-order valence-corrected chi connectivity index (χ0v) is 18.8. The number of ether oxygens (including phenoxy) is 5. The highest BCUT2D eigenvalue weighted by Gasteiger charge is 2.49. The standard InChI is InChI=1S/C22H30O12.CH4/c1-9-15(25)16(26)18(28)22(31-9)34-20-10(2)32-21(19(29)17(20)27)33-14(24)7-5-11-4-6-12(23)13(8-11)30-3;/h4-10,15-23,25-29H,1-3H3;1H4/b7-5+;. The number of benzene rings is 1. The van der Waals surface area contributed by atoms with Gasteiger partial charge in [-0.3, -0.25) is 0 Å². The van der Waals surface area contributed by atoms with Gasteiger partial charge in [0.2, 0.25) is 6.29 Å². The van der Waals surface area contributed by atoms with Crippen molar-refractivity contribution in [1.29, 1.82) is 0 Å². The second-order valence-electron chi connectivity index (χ2n) is 8.17. The number of phenolic OH excluding ortho intramolecular Hbond substituents is 1. The van der Waals surface area contributed by atoms with Gasteiger partial charge in [-0.1, -0.05) is 13.5 Å². The molecular formula is C23H34O12. The Labute approximate surface area is 202 Å². The van der Waals surface area contributed by atoms with Gasteiger partial charge in [-0.05, 0) is 37.6 Å². The summed E-state index contributed by atoms with van der Waals surface area (Å²) in [5.74, 6) is -0.716. The van der Waals surface area contributed by atoms with Gasteiger partial charge in [-0.25, -0.2) is 4.79 Å². The topological polar surface area (TPSA) is 185 Å². The molecule has 10 unspecified atom stereocenters. The maximum atomic E-state index is 12.2. The van der Waals surface area contributed by atoms with Crippen molar-refractivity contribution in [3.05, 3.63) is 29.8 Å². The molecule has 3 rings (SSSR count). The van der Waals surface area contributed by atoms with Crippen LogP contribution in [0.1, 0.15) is 26.8 Å². The molecule has 0 aromatic heterocycles. The highest BCUT2D eigenvalue weighted by molar-refractivity contribution is 5.87. The van der Waals surface area contributed by atoms with Crippen molar-refractivity contribution < 1.29 is 59.1 Å². The van der Waals surface area contributed by atoms with E-state index in [1.54, 1.807) is 6.07 Å². The van der Waals surface area contributed by atoms with E-state index in [0.717, 1.165) is 6.08 Å². The van der Waals surface area contributed by atoms with Crippen LogP contribution in [0.25, 0.3) is 6.08 Å². The van der Waals surface area contributed by atoms with Crippen LogP contribution < -0.4 is 4.74 Å². The molecule has 2 heterocycles. The van der Waals surface area contributed by atoms with Crippen LogP contribution in [-0.2, 0) is 23.7 Å². The fourth-order valence-electron chi connectivity index (χ4n) is 3.69. The van der Waals surface area contributed by atoms with Crippen LogP contribution in [-0.4, -0.2) is 105 Å². The molecule has 1 aromatic carbocycles. The summed E-state index contributed by atoms with van der Waals surface area (Å²) in [6, 6.07) is 4.43. The van der Waals surface area contributed by atoms with Gasteiger partial charge in [0.05, 0.1) is 19.3 Å². The van der Waals surface area contributed by atoms with Crippen LogP contribution in [0, 0.1) is 0 Å². The van der Waals surface area contributed by atoms with Crippen molar-refractivity contribution in [1.82, 2.24) is 0 Å². The van der Waals surface area contributed by atoms with Gasteiger partial charge in [0, 0.05) is 6.08 Å². The number of hydrogen-bond acceptors (Lipinski definition) is 12. The van der Waals surface area contributed by atoms with E-state index in [4.69, 9.17) is 23.7 Å². The lowest BCUT2D eigenvalue weighted by atomic mass is 9.97. The van der Waals surface area contributed by atoms with E-state index < -0.39 is 67.4 Å². The molecule has 2 aliphatic heterocycles. The molecule has 12 nitrogen and oxygen atoms in total. The normalized spacial score (nSPS) is 37.5. The largest absolute Gasteiger partial charge is 0.504 e. The van der Waals surface area contributed by atoms with E-state index in [-0.39, 0.29) is 18.9 Å². The molecule has 0 radical (unpaired) electrons. The highest BCUT2D eigenvalue weighted by Crippen LogP contribution is 2.30. The Balaban J connectivity index is 0.00000432. The number of rotatable bonds is 6. The monoisotopic (exact) mass is 502 g/mol. The third kappa shape index (κ3) is 6.48. The molecule has 6 N–H and O–H groups in total. The maximum absolute atomic E-state index is 12.2. The lowest BCUT2D eigenvalue weighted by Gasteiger charge is -2.45. The lowest BCUT2D eigenvalue weighted by molar-refractivity contribution is -0.348. The summed E-state index contributed by atoms with van der Waals surface area (Å²) in [6.45, 7) is 2.96. The molecule has 1 aromatic rings. The molecule has 2 aliphatic rings. The first-order chi connectivity index (χ1) is 16.0. The predicted molar refractivity (Wildman–Crippen MR) is 120 cm³/mol. The number of carbonyl (C=O) groups excluding carboxylic acids is 1. The van der Waals surface area contributed by atoms with Gasteiger partial charge < -0.3 is 54.3 Å². The van der Waals surface area contributed by atoms with Crippen LogP contribution in [0.5, 0.6) is 11.5 Å². The molecule has 0 spiro atoms. The van der Waals surface area contributed by atoms with Crippen LogP contribution in [0.2, 0.25) is 0 Å². The number of aliphatic hydroxyl groups excluding tert-OH is 5. The Morgan fingerprint density at radius 1 is 0.914 bits per heavy atom. The fourth-order valence-corrected chi connectivity index (χ4v) is 3.69. The summed E-state index contributed by atoms with van der Waals surface area (Å²) in [5, 5.41) is 60.4. The van der Waals surface area contributed by atoms with E-state index in [1.807, 2.05) is 0 Å². The molecule has 12 heteroatoms.